The van der Waals surface area contributed by atoms with Gasteiger partial charge in [-0.1, -0.05) is 36.4 Å². The van der Waals surface area contributed by atoms with Gasteiger partial charge in [-0.2, -0.15) is 0 Å². The highest BCUT2D eigenvalue weighted by molar-refractivity contribution is 5.63. The fourth-order valence-corrected chi connectivity index (χ4v) is 2.61. The lowest BCUT2D eigenvalue weighted by molar-refractivity contribution is 0.213. The van der Waals surface area contributed by atoms with Crippen LogP contribution in [0, 0.1) is 0 Å². The van der Waals surface area contributed by atoms with E-state index in [0.29, 0.717) is 23.7 Å². The number of aromatic hydroxyl groups is 1. The zero-order valence-corrected chi connectivity index (χ0v) is 13.5. The van der Waals surface area contributed by atoms with E-state index in [1.165, 1.54) is 7.11 Å². The average Bonchev–Trinajstić information content (AvgIpc) is 2.58. The van der Waals surface area contributed by atoms with E-state index >= 15 is 0 Å². The molecule has 0 saturated heterocycles. The molecule has 0 aliphatic carbocycles. The number of phenolic OH excluding ortho intramolecular Hbond substituents is 1. The first-order valence-corrected chi connectivity index (χ1v) is 7.86. The van der Waals surface area contributed by atoms with Crippen molar-refractivity contribution >= 4 is 6.08 Å². The van der Waals surface area contributed by atoms with E-state index < -0.39 is 6.10 Å². The molecule has 0 aromatic heterocycles. The van der Waals surface area contributed by atoms with E-state index in [0.717, 1.165) is 17.5 Å². The number of aliphatic hydroxyl groups excluding tert-OH is 1. The highest BCUT2D eigenvalue weighted by Crippen LogP contribution is 2.40. The van der Waals surface area contributed by atoms with E-state index in [2.05, 4.69) is 0 Å². The molecule has 4 nitrogen and oxygen atoms in total. The Bertz CT molecular complexity index is 760. The molecule has 0 radical (unpaired) electrons. The topological polar surface area (TPSA) is 58.9 Å². The first kappa shape index (κ1) is 16.1. The molecule has 0 fully saturated rings. The first-order valence-electron chi connectivity index (χ1n) is 7.86. The third-order valence-corrected chi connectivity index (χ3v) is 3.87. The van der Waals surface area contributed by atoms with E-state index in [-0.39, 0.29) is 5.75 Å². The predicted octanol–water partition coefficient (Wildman–Crippen LogP) is 4.07. The van der Waals surface area contributed by atoms with E-state index in [4.69, 9.17) is 9.47 Å². The average molecular weight is 324 g/mol. The number of fused-ring (bicyclic) bond motifs is 6. The lowest BCUT2D eigenvalue weighted by atomic mass is 10.1. The standard InChI is InChI=1S/C20H20O4/c1-23-20-18(22)12-15-4-2-3-5-16(21)9-6-14-7-10-17(11-8-14)24-19(20)13-15/h2-5,7-8,10-13,16,21-22H,6,9H2,1H3/b4-2?,5-3-/t16-/m0/s1. The normalized spacial score (nSPS) is 18.3. The van der Waals surface area contributed by atoms with Crippen molar-refractivity contribution < 1.29 is 19.7 Å². The van der Waals surface area contributed by atoms with Gasteiger partial charge in [-0.05, 0) is 48.2 Å². The molecule has 0 amide bonds. The molecule has 4 heteroatoms. The number of rotatable bonds is 1. The van der Waals surface area contributed by atoms with Crippen molar-refractivity contribution in [2.24, 2.45) is 0 Å². The van der Waals surface area contributed by atoms with Gasteiger partial charge in [0, 0.05) is 0 Å². The lowest BCUT2D eigenvalue weighted by Crippen LogP contribution is -2.03. The molecular weight excluding hydrogens is 304 g/mol. The molecule has 2 aliphatic rings. The molecule has 2 aliphatic heterocycles. The van der Waals surface area contributed by atoms with Crippen LogP contribution in [0.4, 0.5) is 0 Å². The fourth-order valence-electron chi connectivity index (χ4n) is 2.61. The zero-order chi connectivity index (χ0) is 16.9. The second-order valence-corrected chi connectivity index (χ2v) is 5.67. The highest BCUT2D eigenvalue weighted by atomic mass is 16.5. The molecular formula is C20H20O4. The smallest absolute Gasteiger partial charge is 0.203 e. The predicted molar refractivity (Wildman–Crippen MR) is 93.7 cm³/mol. The number of allylic oxidation sites excluding steroid dienone is 2. The lowest BCUT2D eigenvalue weighted by Gasteiger charge is -2.13. The number of ether oxygens (including phenoxy) is 2. The Morgan fingerprint density at radius 2 is 1.92 bits per heavy atom. The van der Waals surface area contributed by atoms with E-state index in [9.17, 15) is 10.2 Å². The molecule has 0 unspecified atom stereocenters. The summed E-state index contributed by atoms with van der Waals surface area (Å²) in [5.41, 5.74) is 1.90. The number of hydrogen-bond donors (Lipinski definition) is 2. The molecule has 4 rings (SSSR count). The molecule has 124 valence electrons. The van der Waals surface area contributed by atoms with Crippen molar-refractivity contribution in [2.75, 3.05) is 7.11 Å². The van der Waals surface area contributed by atoms with Crippen LogP contribution in [0.15, 0.2) is 54.6 Å². The Hall–Kier alpha value is -2.72. The fraction of sp³-hybridized carbons (Fsp3) is 0.200. The molecule has 0 saturated carbocycles. The van der Waals surface area contributed by atoms with Gasteiger partial charge in [0.15, 0.2) is 11.5 Å². The van der Waals surface area contributed by atoms with Crippen LogP contribution in [0.2, 0.25) is 0 Å². The van der Waals surface area contributed by atoms with Crippen molar-refractivity contribution in [3.63, 3.8) is 0 Å². The monoisotopic (exact) mass is 324 g/mol. The van der Waals surface area contributed by atoms with Crippen LogP contribution in [-0.4, -0.2) is 23.4 Å². The molecule has 4 bridgehead atoms. The van der Waals surface area contributed by atoms with Gasteiger partial charge in [0.25, 0.3) is 0 Å². The number of hydrogen-bond acceptors (Lipinski definition) is 4. The van der Waals surface area contributed by atoms with Gasteiger partial charge < -0.3 is 19.7 Å². The highest BCUT2D eigenvalue weighted by Gasteiger charge is 2.13. The number of methoxy groups -OCH3 is 1. The Morgan fingerprint density at radius 1 is 1.12 bits per heavy atom. The largest absolute Gasteiger partial charge is 0.504 e. The molecule has 0 spiro atoms. The van der Waals surface area contributed by atoms with Crippen molar-refractivity contribution in [1.29, 1.82) is 0 Å². The van der Waals surface area contributed by atoms with Crippen LogP contribution in [0.25, 0.3) is 6.08 Å². The van der Waals surface area contributed by atoms with Gasteiger partial charge in [-0.15, -0.1) is 0 Å². The number of aliphatic hydroxyl groups is 1. The second kappa shape index (κ2) is 7.23. The summed E-state index contributed by atoms with van der Waals surface area (Å²) in [4.78, 5) is 0. The summed E-state index contributed by atoms with van der Waals surface area (Å²) in [7, 11) is 1.49. The SMILES string of the molecule is COc1c(O)cc2cc1Oc1ccc(cc1)CC[C@@H](O)/C=C\C=C2. The van der Waals surface area contributed by atoms with Crippen molar-refractivity contribution in [2.45, 2.75) is 18.9 Å². The molecule has 24 heavy (non-hydrogen) atoms. The van der Waals surface area contributed by atoms with Gasteiger partial charge in [0.1, 0.15) is 5.75 Å². The molecule has 2 heterocycles. The van der Waals surface area contributed by atoms with Gasteiger partial charge in [-0.3, -0.25) is 0 Å². The maximum Gasteiger partial charge on any atom is 0.203 e. The maximum absolute atomic E-state index is 10.2. The molecule has 2 N–H and O–H groups in total. The van der Waals surface area contributed by atoms with Crippen LogP contribution in [0.3, 0.4) is 0 Å². The maximum atomic E-state index is 10.2. The Labute approximate surface area is 141 Å². The molecule has 1 atom stereocenters. The summed E-state index contributed by atoms with van der Waals surface area (Å²) < 4.78 is 11.1. The van der Waals surface area contributed by atoms with Crippen LogP contribution >= 0.6 is 0 Å². The van der Waals surface area contributed by atoms with Crippen LogP contribution in [0.1, 0.15) is 17.5 Å². The minimum absolute atomic E-state index is 0.0135. The number of benzene rings is 2. The minimum Gasteiger partial charge on any atom is -0.504 e. The third kappa shape index (κ3) is 3.78. The number of phenols is 1. The van der Waals surface area contributed by atoms with Crippen LogP contribution in [0.5, 0.6) is 23.0 Å². The van der Waals surface area contributed by atoms with Crippen molar-refractivity contribution in [1.82, 2.24) is 0 Å². The third-order valence-electron chi connectivity index (χ3n) is 3.87. The van der Waals surface area contributed by atoms with Gasteiger partial charge in [0.2, 0.25) is 5.75 Å². The van der Waals surface area contributed by atoms with E-state index in [1.807, 2.05) is 36.4 Å². The second-order valence-electron chi connectivity index (χ2n) is 5.67. The summed E-state index contributed by atoms with van der Waals surface area (Å²) in [6.07, 6.45) is 8.16. The molecule has 2 aromatic rings. The summed E-state index contributed by atoms with van der Waals surface area (Å²) in [6.45, 7) is 0. The summed E-state index contributed by atoms with van der Waals surface area (Å²) in [5.74, 6) is 1.42. The summed E-state index contributed by atoms with van der Waals surface area (Å²) in [6, 6.07) is 11.1. The van der Waals surface area contributed by atoms with Crippen molar-refractivity contribution in [3.05, 3.63) is 65.8 Å². The van der Waals surface area contributed by atoms with Gasteiger partial charge in [-0.25, -0.2) is 0 Å². The Kier molecular flexibility index (Phi) is 4.87. The summed E-state index contributed by atoms with van der Waals surface area (Å²) in [5, 5.41) is 20.1. The Morgan fingerprint density at radius 3 is 2.67 bits per heavy atom. The quantitative estimate of drug-likeness (QED) is 0.830. The number of aryl methyl sites for hydroxylation is 1. The van der Waals surface area contributed by atoms with Crippen molar-refractivity contribution in [3.8, 4) is 23.0 Å². The first-order chi connectivity index (χ1) is 11.7. The van der Waals surface area contributed by atoms with Crippen LogP contribution in [-0.2, 0) is 6.42 Å². The Balaban J connectivity index is 2.05. The van der Waals surface area contributed by atoms with E-state index in [1.54, 1.807) is 24.3 Å². The van der Waals surface area contributed by atoms with Crippen LogP contribution < -0.4 is 9.47 Å². The van der Waals surface area contributed by atoms with Gasteiger partial charge in [0.05, 0.1) is 13.2 Å². The minimum atomic E-state index is -0.490. The molecule has 2 aromatic carbocycles. The summed E-state index contributed by atoms with van der Waals surface area (Å²) >= 11 is 0. The van der Waals surface area contributed by atoms with Gasteiger partial charge >= 0.3 is 0 Å². The zero-order valence-electron chi connectivity index (χ0n) is 13.5.